The number of hydrogen-bond donors (Lipinski definition) is 1. The van der Waals surface area contributed by atoms with E-state index >= 15 is 0 Å². The highest BCUT2D eigenvalue weighted by atomic mass is 16.5. The van der Waals surface area contributed by atoms with Crippen molar-refractivity contribution in [2.75, 3.05) is 13.2 Å². The molecule has 0 aliphatic heterocycles. The Bertz CT molecular complexity index is 382. The van der Waals surface area contributed by atoms with Crippen LogP contribution in [0.15, 0.2) is 0 Å². The molecule has 0 spiro atoms. The molecule has 1 atom stereocenters. The summed E-state index contributed by atoms with van der Waals surface area (Å²) in [6.07, 6.45) is 2.68. The molecule has 1 aliphatic carbocycles. The van der Waals surface area contributed by atoms with E-state index in [1.54, 1.807) is 0 Å². The highest BCUT2D eigenvalue weighted by Crippen LogP contribution is 2.22. The lowest BCUT2D eigenvalue weighted by Crippen LogP contribution is -2.26. The zero-order chi connectivity index (χ0) is 12.4. The van der Waals surface area contributed by atoms with Gasteiger partial charge >= 0.3 is 0 Å². The Kier molecular flexibility index (Phi) is 3.72. The third-order valence-electron chi connectivity index (χ3n) is 3.29. The van der Waals surface area contributed by atoms with Crippen LogP contribution in [0.5, 0.6) is 5.75 Å². The normalized spacial score (nSPS) is 17.2. The minimum atomic E-state index is 0.537. The van der Waals surface area contributed by atoms with Gasteiger partial charge in [0.1, 0.15) is 5.69 Å². The van der Waals surface area contributed by atoms with E-state index in [-0.39, 0.29) is 0 Å². The standard InChI is InChI=1S/C13H23N3O/c1-9(7-14-12-5-6-12)8-17-13-10(2)15-16(4)11(13)3/h9,12,14H,5-8H2,1-4H3. The maximum Gasteiger partial charge on any atom is 0.162 e. The Morgan fingerprint density at radius 1 is 1.47 bits per heavy atom. The van der Waals surface area contributed by atoms with E-state index in [1.165, 1.54) is 12.8 Å². The van der Waals surface area contributed by atoms with Gasteiger partial charge in [0.05, 0.1) is 12.3 Å². The SMILES string of the molecule is Cc1nn(C)c(C)c1OCC(C)CNC1CC1. The van der Waals surface area contributed by atoms with Crippen LogP contribution < -0.4 is 10.1 Å². The largest absolute Gasteiger partial charge is 0.489 e. The molecular formula is C13H23N3O. The second-order valence-electron chi connectivity index (χ2n) is 5.22. The first-order valence-corrected chi connectivity index (χ1v) is 6.44. The van der Waals surface area contributed by atoms with E-state index in [4.69, 9.17) is 4.74 Å². The van der Waals surface area contributed by atoms with Crippen molar-refractivity contribution in [1.29, 1.82) is 0 Å². The first-order valence-electron chi connectivity index (χ1n) is 6.44. The summed E-state index contributed by atoms with van der Waals surface area (Å²) in [4.78, 5) is 0. The van der Waals surface area contributed by atoms with Gasteiger partial charge in [0.15, 0.2) is 5.75 Å². The lowest BCUT2D eigenvalue weighted by Gasteiger charge is -2.13. The average Bonchev–Trinajstić information content (AvgIpc) is 3.06. The van der Waals surface area contributed by atoms with Gasteiger partial charge in [-0.05, 0) is 26.7 Å². The summed E-state index contributed by atoms with van der Waals surface area (Å²) in [6, 6.07) is 0.777. The Hall–Kier alpha value is -1.03. The fourth-order valence-corrected chi connectivity index (χ4v) is 1.90. The van der Waals surface area contributed by atoms with E-state index < -0.39 is 0 Å². The second kappa shape index (κ2) is 5.08. The molecule has 1 fully saturated rings. The van der Waals surface area contributed by atoms with Crippen molar-refractivity contribution in [3.05, 3.63) is 11.4 Å². The minimum absolute atomic E-state index is 0.537. The fourth-order valence-electron chi connectivity index (χ4n) is 1.90. The van der Waals surface area contributed by atoms with Gasteiger partial charge in [-0.2, -0.15) is 5.10 Å². The van der Waals surface area contributed by atoms with Gasteiger partial charge in [-0.1, -0.05) is 6.92 Å². The molecule has 0 bridgehead atoms. The third kappa shape index (κ3) is 3.22. The maximum atomic E-state index is 5.88. The Labute approximate surface area is 103 Å². The predicted molar refractivity (Wildman–Crippen MR) is 68.4 cm³/mol. The van der Waals surface area contributed by atoms with Crippen LogP contribution in [0, 0.1) is 19.8 Å². The van der Waals surface area contributed by atoms with Crippen LogP contribution in [0.3, 0.4) is 0 Å². The second-order valence-corrected chi connectivity index (χ2v) is 5.22. The molecule has 17 heavy (non-hydrogen) atoms. The third-order valence-corrected chi connectivity index (χ3v) is 3.29. The molecule has 2 rings (SSSR count). The van der Waals surface area contributed by atoms with Crippen LogP contribution in [0.4, 0.5) is 0 Å². The summed E-state index contributed by atoms with van der Waals surface area (Å²) in [5.41, 5.74) is 2.08. The highest BCUT2D eigenvalue weighted by Gasteiger charge is 2.21. The summed E-state index contributed by atoms with van der Waals surface area (Å²) < 4.78 is 7.75. The van der Waals surface area contributed by atoms with Gasteiger partial charge < -0.3 is 10.1 Å². The zero-order valence-electron chi connectivity index (χ0n) is 11.3. The van der Waals surface area contributed by atoms with Crippen molar-refractivity contribution in [2.45, 2.75) is 39.7 Å². The first kappa shape index (κ1) is 12.4. The van der Waals surface area contributed by atoms with Crippen LogP contribution in [0.1, 0.15) is 31.2 Å². The van der Waals surface area contributed by atoms with Crippen LogP contribution in [-0.4, -0.2) is 29.0 Å². The predicted octanol–water partition coefficient (Wildman–Crippen LogP) is 1.80. The van der Waals surface area contributed by atoms with Gasteiger partial charge in [-0.3, -0.25) is 4.68 Å². The average molecular weight is 237 g/mol. The van der Waals surface area contributed by atoms with Crippen LogP contribution >= 0.6 is 0 Å². The summed E-state index contributed by atoms with van der Waals surface area (Å²) in [5, 5.41) is 7.88. The minimum Gasteiger partial charge on any atom is -0.489 e. The van der Waals surface area contributed by atoms with Crippen molar-refractivity contribution in [3.8, 4) is 5.75 Å². The Balaban J connectivity index is 1.79. The van der Waals surface area contributed by atoms with Crippen LogP contribution in [0.2, 0.25) is 0 Å². The van der Waals surface area contributed by atoms with Crippen LogP contribution in [0.25, 0.3) is 0 Å². The quantitative estimate of drug-likeness (QED) is 0.820. The molecule has 1 unspecified atom stereocenters. The molecule has 0 amide bonds. The van der Waals surface area contributed by atoms with E-state index in [1.807, 2.05) is 25.6 Å². The van der Waals surface area contributed by atoms with Gasteiger partial charge in [0, 0.05) is 25.6 Å². The number of aromatic nitrogens is 2. The van der Waals surface area contributed by atoms with Crippen molar-refractivity contribution in [2.24, 2.45) is 13.0 Å². The molecule has 1 N–H and O–H groups in total. The van der Waals surface area contributed by atoms with Gasteiger partial charge in [-0.15, -0.1) is 0 Å². The molecule has 0 aromatic carbocycles. The monoisotopic (exact) mass is 237 g/mol. The van der Waals surface area contributed by atoms with Gasteiger partial charge in [0.2, 0.25) is 0 Å². The van der Waals surface area contributed by atoms with Crippen molar-refractivity contribution in [1.82, 2.24) is 15.1 Å². The van der Waals surface area contributed by atoms with E-state index in [0.717, 1.165) is 36.3 Å². The topological polar surface area (TPSA) is 39.1 Å². The molecule has 0 radical (unpaired) electrons. The lowest BCUT2D eigenvalue weighted by atomic mass is 10.2. The van der Waals surface area contributed by atoms with E-state index in [2.05, 4.69) is 17.3 Å². The van der Waals surface area contributed by atoms with Crippen molar-refractivity contribution in [3.63, 3.8) is 0 Å². The molecule has 1 aromatic heterocycles. The number of aryl methyl sites for hydroxylation is 2. The molecule has 1 aliphatic rings. The number of nitrogens with one attached hydrogen (secondary N) is 1. The summed E-state index contributed by atoms with van der Waals surface area (Å²) >= 11 is 0. The van der Waals surface area contributed by atoms with Crippen LogP contribution in [-0.2, 0) is 7.05 Å². The molecular weight excluding hydrogens is 214 g/mol. The molecule has 1 heterocycles. The lowest BCUT2D eigenvalue weighted by molar-refractivity contribution is 0.252. The molecule has 4 nitrogen and oxygen atoms in total. The van der Waals surface area contributed by atoms with Gasteiger partial charge in [0.25, 0.3) is 0 Å². The Morgan fingerprint density at radius 3 is 2.71 bits per heavy atom. The maximum absolute atomic E-state index is 5.88. The smallest absolute Gasteiger partial charge is 0.162 e. The van der Waals surface area contributed by atoms with E-state index in [9.17, 15) is 0 Å². The molecule has 4 heteroatoms. The number of nitrogens with zero attached hydrogens (tertiary/aromatic N) is 2. The number of hydrogen-bond acceptors (Lipinski definition) is 3. The summed E-state index contributed by atoms with van der Waals surface area (Å²) in [5.74, 6) is 1.49. The molecule has 1 saturated carbocycles. The molecule has 96 valence electrons. The highest BCUT2D eigenvalue weighted by molar-refractivity contribution is 5.31. The Morgan fingerprint density at radius 2 is 2.18 bits per heavy atom. The fraction of sp³-hybridized carbons (Fsp3) is 0.769. The summed E-state index contributed by atoms with van der Waals surface area (Å²) in [6.45, 7) is 8.06. The van der Waals surface area contributed by atoms with Crippen molar-refractivity contribution >= 4 is 0 Å². The zero-order valence-corrected chi connectivity index (χ0v) is 11.3. The summed E-state index contributed by atoms with van der Waals surface area (Å²) in [7, 11) is 1.95. The number of ether oxygens (including phenoxy) is 1. The first-order chi connectivity index (χ1) is 8.08. The molecule has 1 aromatic rings. The van der Waals surface area contributed by atoms with E-state index in [0.29, 0.717) is 5.92 Å². The van der Waals surface area contributed by atoms with Crippen molar-refractivity contribution < 1.29 is 4.74 Å². The number of rotatable bonds is 6. The molecule has 0 saturated heterocycles. The van der Waals surface area contributed by atoms with Gasteiger partial charge in [-0.25, -0.2) is 0 Å².